The highest BCUT2D eigenvalue weighted by Gasteiger charge is 2.11. The molecule has 0 saturated heterocycles. The molecule has 0 aliphatic rings. The van der Waals surface area contributed by atoms with Crippen molar-refractivity contribution in [2.45, 2.75) is 17.1 Å². The number of hydrogen-bond donors (Lipinski definition) is 1. The van der Waals surface area contributed by atoms with Crippen LogP contribution in [0.15, 0.2) is 39.2 Å². The number of halogens is 2. The molecule has 0 fully saturated rings. The molecule has 5 nitrogen and oxygen atoms in total. The number of aromatic amines is 1. The Morgan fingerprint density at radius 1 is 1.38 bits per heavy atom. The molecule has 0 aliphatic carbocycles. The Morgan fingerprint density at radius 3 is 3.05 bits per heavy atom. The van der Waals surface area contributed by atoms with Gasteiger partial charge in [0.1, 0.15) is 22.3 Å². The van der Waals surface area contributed by atoms with E-state index < -0.39 is 0 Å². The lowest BCUT2D eigenvalue weighted by molar-refractivity contribution is 0.340. The SMILES string of the molecule is CCOc1ccc2nc(Sc3ncnc(Cl)c3Br)[nH]c2c1. The van der Waals surface area contributed by atoms with Crippen LogP contribution in [0, 0.1) is 0 Å². The van der Waals surface area contributed by atoms with Crippen molar-refractivity contribution in [3.63, 3.8) is 0 Å². The van der Waals surface area contributed by atoms with Crippen LogP contribution >= 0.6 is 39.3 Å². The van der Waals surface area contributed by atoms with Gasteiger partial charge in [0.25, 0.3) is 0 Å². The van der Waals surface area contributed by atoms with Gasteiger partial charge in [-0.25, -0.2) is 15.0 Å². The molecule has 0 amide bonds. The normalized spacial score (nSPS) is 11.0. The Morgan fingerprint density at radius 2 is 2.24 bits per heavy atom. The highest BCUT2D eigenvalue weighted by Crippen LogP contribution is 2.34. The van der Waals surface area contributed by atoms with Gasteiger partial charge in [0.05, 0.1) is 22.1 Å². The topological polar surface area (TPSA) is 63.7 Å². The molecule has 0 atom stereocenters. The van der Waals surface area contributed by atoms with Crippen molar-refractivity contribution < 1.29 is 4.74 Å². The minimum atomic E-state index is 0.377. The first-order valence-electron chi connectivity index (χ1n) is 6.13. The van der Waals surface area contributed by atoms with Gasteiger partial charge in [-0.2, -0.15) is 0 Å². The average molecular weight is 386 g/mol. The molecule has 8 heteroatoms. The van der Waals surface area contributed by atoms with E-state index in [-0.39, 0.29) is 0 Å². The number of benzene rings is 1. The number of rotatable bonds is 4. The molecule has 0 aliphatic heterocycles. The standard InChI is InChI=1S/C13H10BrClN4OS/c1-2-20-7-3-4-8-9(5-7)19-13(18-8)21-12-10(14)11(15)16-6-17-12/h3-6H,2H2,1H3,(H,18,19). The smallest absolute Gasteiger partial charge is 0.172 e. The molecule has 0 radical (unpaired) electrons. The summed E-state index contributed by atoms with van der Waals surface area (Å²) in [6.07, 6.45) is 1.42. The third-order valence-corrected chi connectivity index (χ3v) is 5.07. The fourth-order valence-electron chi connectivity index (χ4n) is 1.77. The largest absolute Gasteiger partial charge is 0.494 e. The number of aromatic nitrogens is 4. The zero-order valence-corrected chi connectivity index (χ0v) is 14.1. The highest BCUT2D eigenvalue weighted by atomic mass is 79.9. The zero-order chi connectivity index (χ0) is 14.8. The van der Waals surface area contributed by atoms with E-state index in [4.69, 9.17) is 16.3 Å². The third kappa shape index (κ3) is 3.14. The number of nitrogens with zero attached hydrogens (tertiary/aromatic N) is 3. The van der Waals surface area contributed by atoms with Crippen molar-refractivity contribution in [2.75, 3.05) is 6.61 Å². The second-order valence-corrected chi connectivity index (χ2v) is 6.17. The molecular formula is C13H10BrClN4OS. The fourth-order valence-corrected chi connectivity index (χ4v) is 3.18. The quantitative estimate of drug-likeness (QED) is 0.678. The molecule has 3 aromatic rings. The van der Waals surface area contributed by atoms with E-state index in [1.54, 1.807) is 0 Å². The number of nitrogens with one attached hydrogen (secondary N) is 1. The van der Waals surface area contributed by atoms with E-state index in [9.17, 15) is 0 Å². The first-order valence-corrected chi connectivity index (χ1v) is 8.12. The maximum Gasteiger partial charge on any atom is 0.172 e. The molecule has 21 heavy (non-hydrogen) atoms. The van der Waals surface area contributed by atoms with E-state index in [0.717, 1.165) is 21.9 Å². The lowest BCUT2D eigenvalue weighted by atomic mass is 10.3. The Kier molecular flexibility index (Phi) is 4.32. The molecule has 2 aromatic heterocycles. The van der Waals surface area contributed by atoms with Crippen LogP contribution in [0.5, 0.6) is 5.75 Å². The number of ether oxygens (including phenoxy) is 1. The van der Waals surface area contributed by atoms with Crippen LogP contribution in [0.4, 0.5) is 0 Å². The first-order chi connectivity index (χ1) is 10.2. The van der Waals surface area contributed by atoms with Gasteiger partial charge in [-0.05, 0) is 46.7 Å². The summed E-state index contributed by atoms with van der Waals surface area (Å²) in [6.45, 7) is 2.59. The summed E-state index contributed by atoms with van der Waals surface area (Å²) in [7, 11) is 0. The minimum Gasteiger partial charge on any atom is -0.494 e. The van der Waals surface area contributed by atoms with Crippen LogP contribution in [0.25, 0.3) is 11.0 Å². The summed E-state index contributed by atoms with van der Waals surface area (Å²) in [6, 6.07) is 5.75. The number of H-pyrrole nitrogens is 1. The van der Waals surface area contributed by atoms with E-state index in [1.165, 1.54) is 18.1 Å². The van der Waals surface area contributed by atoms with Gasteiger partial charge in [-0.3, -0.25) is 0 Å². The highest BCUT2D eigenvalue weighted by molar-refractivity contribution is 9.10. The van der Waals surface area contributed by atoms with E-state index >= 15 is 0 Å². The lowest BCUT2D eigenvalue weighted by Crippen LogP contribution is -1.90. The molecule has 0 bridgehead atoms. The predicted molar refractivity (Wildman–Crippen MR) is 86.1 cm³/mol. The van der Waals surface area contributed by atoms with Crippen LogP contribution in [0.1, 0.15) is 6.92 Å². The monoisotopic (exact) mass is 384 g/mol. The molecule has 0 saturated carbocycles. The van der Waals surface area contributed by atoms with Crippen molar-refractivity contribution >= 4 is 50.3 Å². The number of hydrogen-bond acceptors (Lipinski definition) is 5. The molecule has 0 spiro atoms. The summed E-state index contributed by atoms with van der Waals surface area (Å²) < 4.78 is 6.14. The van der Waals surface area contributed by atoms with Crippen molar-refractivity contribution in [2.24, 2.45) is 0 Å². The van der Waals surface area contributed by atoms with Crippen LogP contribution in [0.3, 0.4) is 0 Å². The van der Waals surface area contributed by atoms with E-state index in [0.29, 0.717) is 21.3 Å². The average Bonchev–Trinajstić information content (AvgIpc) is 2.86. The Labute approximate surface area is 138 Å². The van der Waals surface area contributed by atoms with Gasteiger partial charge in [0.15, 0.2) is 5.16 Å². The lowest BCUT2D eigenvalue weighted by Gasteiger charge is -2.01. The fraction of sp³-hybridized carbons (Fsp3) is 0.154. The van der Waals surface area contributed by atoms with Crippen LogP contribution in [-0.4, -0.2) is 26.5 Å². The third-order valence-electron chi connectivity index (χ3n) is 2.65. The number of fused-ring (bicyclic) bond motifs is 1. The van der Waals surface area contributed by atoms with Gasteiger partial charge in [-0.1, -0.05) is 11.6 Å². The first kappa shape index (κ1) is 14.6. The summed E-state index contributed by atoms with van der Waals surface area (Å²) in [4.78, 5) is 15.8. The number of imidazole rings is 1. The van der Waals surface area contributed by atoms with Crippen molar-refractivity contribution in [3.05, 3.63) is 34.2 Å². The molecule has 2 heterocycles. The minimum absolute atomic E-state index is 0.377. The Hall–Kier alpha value is -1.31. The summed E-state index contributed by atoms with van der Waals surface area (Å²) >= 11 is 10.7. The maximum absolute atomic E-state index is 5.96. The van der Waals surface area contributed by atoms with Crippen LogP contribution < -0.4 is 4.74 Å². The Balaban J connectivity index is 1.92. The van der Waals surface area contributed by atoms with Crippen LogP contribution in [0.2, 0.25) is 5.15 Å². The summed E-state index contributed by atoms with van der Waals surface area (Å²) in [5, 5.41) is 1.82. The molecule has 0 unspecified atom stereocenters. The van der Waals surface area contributed by atoms with Gasteiger partial charge in [0, 0.05) is 6.07 Å². The van der Waals surface area contributed by atoms with Gasteiger partial charge in [-0.15, -0.1) is 0 Å². The van der Waals surface area contributed by atoms with E-state index in [2.05, 4.69) is 35.9 Å². The van der Waals surface area contributed by atoms with Crippen molar-refractivity contribution in [1.29, 1.82) is 0 Å². The van der Waals surface area contributed by atoms with Crippen LogP contribution in [-0.2, 0) is 0 Å². The summed E-state index contributed by atoms with van der Waals surface area (Å²) in [5.41, 5.74) is 1.79. The molecule has 1 N–H and O–H groups in total. The zero-order valence-electron chi connectivity index (χ0n) is 10.9. The molecule has 1 aromatic carbocycles. The predicted octanol–water partition coefficient (Wildman–Crippen LogP) is 4.32. The summed E-state index contributed by atoms with van der Waals surface area (Å²) in [5.74, 6) is 0.816. The molecular weight excluding hydrogens is 376 g/mol. The van der Waals surface area contributed by atoms with Gasteiger partial charge < -0.3 is 9.72 Å². The van der Waals surface area contributed by atoms with E-state index in [1.807, 2.05) is 25.1 Å². The second-order valence-electron chi connectivity index (χ2n) is 4.04. The maximum atomic E-state index is 5.96. The van der Waals surface area contributed by atoms with Crippen molar-refractivity contribution in [3.8, 4) is 5.75 Å². The van der Waals surface area contributed by atoms with Gasteiger partial charge >= 0.3 is 0 Å². The second kappa shape index (κ2) is 6.21. The molecule has 3 rings (SSSR count). The molecule has 108 valence electrons. The van der Waals surface area contributed by atoms with Crippen molar-refractivity contribution in [1.82, 2.24) is 19.9 Å². The Bertz CT molecular complexity index is 795. The van der Waals surface area contributed by atoms with Gasteiger partial charge in [0.2, 0.25) is 0 Å².